The molecule has 0 unspecified atom stereocenters. The predicted molar refractivity (Wildman–Crippen MR) is 65.2 cm³/mol. The van der Waals surface area contributed by atoms with Crippen LogP contribution in [-0.2, 0) is 4.79 Å². The normalized spacial score (nSPS) is 9.88. The lowest BCUT2D eigenvalue weighted by atomic mass is 10.2. The third kappa shape index (κ3) is 3.76. The number of aryl methyl sites for hydroxylation is 1. The van der Waals surface area contributed by atoms with Crippen LogP contribution in [0.2, 0.25) is 0 Å². The van der Waals surface area contributed by atoms with Crippen LogP contribution in [0.5, 0.6) is 0 Å². The van der Waals surface area contributed by atoms with Crippen LogP contribution >= 0.6 is 0 Å². The molecule has 0 radical (unpaired) electrons. The minimum absolute atomic E-state index is 0.0391. The van der Waals surface area contributed by atoms with Crippen molar-refractivity contribution in [2.24, 2.45) is 0 Å². The van der Waals surface area contributed by atoms with Gasteiger partial charge in [0, 0.05) is 24.5 Å². The summed E-state index contributed by atoms with van der Waals surface area (Å²) in [7, 11) is 0. The van der Waals surface area contributed by atoms with E-state index in [2.05, 4.69) is 15.6 Å². The lowest BCUT2D eigenvalue weighted by Crippen LogP contribution is -2.30. The van der Waals surface area contributed by atoms with Gasteiger partial charge in [0.2, 0.25) is 5.91 Å². The van der Waals surface area contributed by atoms with Crippen LogP contribution in [-0.4, -0.2) is 24.0 Å². The van der Waals surface area contributed by atoms with Crippen molar-refractivity contribution in [1.29, 1.82) is 0 Å². The van der Waals surface area contributed by atoms with Gasteiger partial charge in [-0.05, 0) is 18.9 Å². The third-order valence-electron chi connectivity index (χ3n) is 2.15. The van der Waals surface area contributed by atoms with Gasteiger partial charge < -0.3 is 16.4 Å². The van der Waals surface area contributed by atoms with Gasteiger partial charge in [-0.15, -0.1) is 0 Å². The summed E-state index contributed by atoms with van der Waals surface area (Å²) in [4.78, 5) is 15.4. The molecule has 1 aromatic heterocycles. The topological polar surface area (TPSA) is 80.0 Å². The number of pyridine rings is 1. The number of hydrogen-bond acceptors (Lipinski definition) is 4. The van der Waals surface area contributed by atoms with E-state index in [1.807, 2.05) is 13.8 Å². The van der Waals surface area contributed by atoms with E-state index in [0.717, 1.165) is 12.0 Å². The lowest BCUT2D eigenvalue weighted by molar-refractivity contribution is -0.119. The maximum atomic E-state index is 11.3. The highest BCUT2D eigenvalue weighted by molar-refractivity contribution is 5.80. The number of nitrogens with one attached hydrogen (secondary N) is 2. The second-order valence-corrected chi connectivity index (χ2v) is 3.63. The van der Waals surface area contributed by atoms with E-state index in [0.29, 0.717) is 18.1 Å². The Balaban J connectivity index is 2.42. The predicted octanol–water partition coefficient (Wildman–Crippen LogP) is 0.910. The van der Waals surface area contributed by atoms with Crippen LogP contribution in [0.1, 0.15) is 18.9 Å². The number of nitrogens with two attached hydrogens (primary N) is 1. The fraction of sp³-hybridized carbons (Fsp3) is 0.455. The Bertz CT molecular complexity index is 365. The summed E-state index contributed by atoms with van der Waals surface area (Å²) in [6.45, 7) is 4.81. The van der Waals surface area contributed by atoms with E-state index in [1.54, 1.807) is 12.3 Å². The van der Waals surface area contributed by atoms with Crippen LogP contribution in [0.25, 0.3) is 0 Å². The average Bonchev–Trinajstić information content (AvgIpc) is 2.28. The first-order valence-corrected chi connectivity index (χ1v) is 5.36. The number of amides is 1. The SMILES string of the molecule is CCCNC(=O)CNc1cc(N)c(C)cn1. The largest absolute Gasteiger partial charge is 0.398 e. The monoisotopic (exact) mass is 222 g/mol. The van der Waals surface area contributed by atoms with Crippen LogP contribution in [0.15, 0.2) is 12.3 Å². The Kier molecular flexibility index (Phi) is 4.57. The van der Waals surface area contributed by atoms with Crippen molar-refractivity contribution < 1.29 is 4.79 Å². The Labute approximate surface area is 95.4 Å². The zero-order valence-corrected chi connectivity index (χ0v) is 9.71. The maximum Gasteiger partial charge on any atom is 0.239 e. The summed E-state index contributed by atoms with van der Waals surface area (Å²) in [5.41, 5.74) is 7.33. The third-order valence-corrected chi connectivity index (χ3v) is 2.15. The van der Waals surface area contributed by atoms with Crippen LogP contribution < -0.4 is 16.4 Å². The zero-order chi connectivity index (χ0) is 12.0. The van der Waals surface area contributed by atoms with Gasteiger partial charge in [-0.25, -0.2) is 4.98 Å². The van der Waals surface area contributed by atoms with Gasteiger partial charge in [-0.2, -0.15) is 0 Å². The molecule has 0 aliphatic heterocycles. The second kappa shape index (κ2) is 5.95. The molecule has 0 saturated heterocycles. The highest BCUT2D eigenvalue weighted by atomic mass is 16.1. The van der Waals surface area contributed by atoms with Crippen molar-refractivity contribution in [2.75, 3.05) is 24.1 Å². The number of rotatable bonds is 5. The molecule has 1 heterocycles. The van der Waals surface area contributed by atoms with Crippen molar-refractivity contribution in [3.63, 3.8) is 0 Å². The molecule has 0 bridgehead atoms. The molecule has 88 valence electrons. The number of hydrogen-bond donors (Lipinski definition) is 3. The average molecular weight is 222 g/mol. The van der Waals surface area contributed by atoms with Crippen LogP contribution in [0, 0.1) is 6.92 Å². The van der Waals surface area contributed by atoms with Gasteiger partial charge in [0.1, 0.15) is 5.82 Å². The van der Waals surface area contributed by atoms with Crippen molar-refractivity contribution in [3.8, 4) is 0 Å². The Morgan fingerprint density at radius 2 is 2.31 bits per heavy atom. The number of carbonyl (C=O) groups excluding carboxylic acids is 1. The molecule has 1 aromatic rings. The fourth-order valence-electron chi connectivity index (χ4n) is 1.13. The van der Waals surface area contributed by atoms with Gasteiger partial charge in [0.25, 0.3) is 0 Å². The highest BCUT2D eigenvalue weighted by Crippen LogP contribution is 2.12. The summed E-state index contributed by atoms with van der Waals surface area (Å²) in [5, 5.41) is 5.69. The van der Waals surface area contributed by atoms with Crippen molar-refractivity contribution in [2.45, 2.75) is 20.3 Å². The number of nitrogens with zero attached hydrogens (tertiary/aromatic N) is 1. The van der Waals surface area contributed by atoms with E-state index in [1.165, 1.54) is 0 Å². The van der Waals surface area contributed by atoms with E-state index >= 15 is 0 Å². The van der Waals surface area contributed by atoms with Gasteiger partial charge in [-0.1, -0.05) is 6.92 Å². The minimum Gasteiger partial charge on any atom is -0.398 e. The van der Waals surface area contributed by atoms with Gasteiger partial charge in [-0.3, -0.25) is 4.79 Å². The smallest absolute Gasteiger partial charge is 0.239 e. The Morgan fingerprint density at radius 3 is 2.94 bits per heavy atom. The number of anilines is 2. The summed E-state index contributed by atoms with van der Waals surface area (Å²) in [6, 6.07) is 1.72. The van der Waals surface area contributed by atoms with Crippen LogP contribution in [0.3, 0.4) is 0 Å². The van der Waals surface area contributed by atoms with E-state index in [9.17, 15) is 4.79 Å². The Morgan fingerprint density at radius 1 is 1.56 bits per heavy atom. The minimum atomic E-state index is -0.0391. The quantitative estimate of drug-likeness (QED) is 0.691. The van der Waals surface area contributed by atoms with E-state index < -0.39 is 0 Å². The fourth-order valence-corrected chi connectivity index (χ4v) is 1.13. The summed E-state index contributed by atoms with van der Waals surface area (Å²) >= 11 is 0. The molecule has 0 aromatic carbocycles. The number of aromatic nitrogens is 1. The first-order valence-electron chi connectivity index (χ1n) is 5.36. The molecule has 5 heteroatoms. The van der Waals surface area contributed by atoms with Gasteiger partial charge in [0.15, 0.2) is 0 Å². The molecule has 0 spiro atoms. The van der Waals surface area contributed by atoms with E-state index in [4.69, 9.17) is 5.73 Å². The molecular weight excluding hydrogens is 204 g/mol. The van der Waals surface area contributed by atoms with Crippen molar-refractivity contribution in [3.05, 3.63) is 17.8 Å². The molecule has 0 aliphatic carbocycles. The van der Waals surface area contributed by atoms with Crippen LogP contribution in [0.4, 0.5) is 11.5 Å². The lowest BCUT2D eigenvalue weighted by Gasteiger charge is -2.07. The maximum absolute atomic E-state index is 11.3. The molecule has 0 aliphatic rings. The van der Waals surface area contributed by atoms with Crippen molar-refractivity contribution >= 4 is 17.4 Å². The second-order valence-electron chi connectivity index (χ2n) is 3.63. The zero-order valence-electron chi connectivity index (χ0n) is 9.71. The van der Waals surface area contributed by atoms with Crippen molar-refractivity contribution in [1.82, 2.24) is 10.3 Å². The number of nitrogen functional groups attached to an aromatic ring is 1. The molecule has 1 amide bonds. The molecular formula is C11H18N4O. The molecule has 16 heavy (non-hydrogen) atoms. The molecule has 0 atom stereocenters. The first kappa shape index (κ1) is 12.3. The summed E-state index contributed by atoms with van der Waals surface area (Å²) in [5.74, 6) is 0.581. The standard InChI is InChI=1S/C11H18N4O/c1-3-4-13-11(16)7-15-10-5-9(12)8(2)6-14-10/h5-6H,3-4,7H2,1-2H3,(H,13,16)(H3,12,14,15). The molecule has 0 saturated carbocycles. The Hall–Kier alpha value is -1.78. The molecule has 1 rings (SSSR count). The van der Waals surface area contributed by atoms with Gasteiger partial charge >= 0.3 is 0 Å². The van der Waals surface area contributed by atoms with Gasteiger partial charge in [0.05, 0.1) is 6.54 Å². The summed E-state index contributed by atoms with van der Waals surface area (Å²) in [6.07, 6.45) is 2.61. The molecule has 4 N–H and O–H groups in total. The first-order chi connectivity index (χ1) is 7.63. The molecule has 5 nitrogen and oxygen atoms in total. The highest BCUT2D eigenvalue weighted by Gasteiger charge is 2.01. The van der Waals surface area contributed by atoms with E-state index in [-0.39, 0.29) is 12.5 Å². The number of carbonyl (C=O) groups is 1. The molecule has 0 fully saturated rings. The summed E-state index contributed by atoms with van der Waals surface area (Å²) < 4.78 is 0.